The molecule has 0 aliphatic heterocycles. The highest BCUT2D eigenvalue weighted by molar-refractivity contribution is 7.15. The molecule has 2 N–H and O–H groups in total. The van der Waals surface area contributed by atoms with Crippen molar-refractivity contribution in [2.75, 3.05) is 5.32 Å². The minimum atomic E-state index is -0.683. The quantitative estimate of drug-likeness (QED) is 0.904. The third kappa shape index (κ3) is 3.24. The summed E-state index contributed by atoms with van der Waals surface area (Å²) >= 11 is 1.40. The first kappa shape index (κ1) is 14.3. The van der Waals surface area contributed by atoms with Crippen LogP contribution < -0.4 is 10.6 Å². The Morgan fingerprint density at radius 3 is 2.70 bits per heavy atom. The van der Waals surface area contributed by atoms with Crippen molar-refractivity contribution in [1.29, 1.82) is 0 Å². The van der Waals surface area contributed by atoms with E-state index in [2.05, 4.69) is 15.6 Å². The summed E-state index contributed by atoms with van der Waals surface area (Å²) in [6, 6.07) is 2.46. The molecule has 0 aliphatic rings. The van der Waals surface area contributed by atoms with Crippen LogP contribution in [-0.2, 0) is 4.79 Å². The van der Waals surface area contributed by atoms with Crippen molar-refractivity contribution in [3.05, 3.63) is 34.7 Å². The molecular formula is C13H15N3O3S. The Balaban J connectivity index is 1.93. The van der Waals surface area contributed by atoms with Crippen LogP contribution in [0.3, 0.4) is 0 Å². The van der Waals surface area contributed by atoms with Gasteiger partial charge in [-0.05, 0) is 32.9 Å². The second kappa shape index (κ2) is 5.87. The molecular weight excluding hydrogens is 278 g/mol. The van der Waals surface area contributed by atoms with Gasteiger partial charge in [0.1, 0.15) is 6.04 Å². The lowest BCUT2D eigenvalue weighted by Gasteiger charge is -2.11. The van der Waals surface area contributed by atoms with E-state index in [0.717, 1.165) is 10.6 Å². The van der Waals surface area contributed by atoms with E-state index in [0.29, 0.717) is 5.13 Å². The standard InChI is InChI=1S/C13H15N3O3S/c1-7-9(3)20-13(15-7)16-11(17)8(2)14-12(18)10-5-4-6-19-10/h4-6,8H,1-3H3,(H,14,18)(H,15,16,17). The number of carbonyl (C=O) groups is 2. The maximum Gasteiger partial charge on any atom is 0.287 e. The highest BCUT2D eigenvalue weighted by Crippen LogP contribution is 2.21. The number of amides is 2. The zero-order valence-corrected chi connectivity index (χ0v) is 12.2. The maximum atomic E-state index is 11.9. The van der Waals surface area contributed by atoms with Crippen molar-refractivity contribution in [2.45, 2.75) is 26.8 Å². The summed E-state index contributed by atoms with van der Waals surface area (Å²) in [6.07, 6.45) is 1.40. The molecule has 2 aromatic heterocycles. The Labute approximate surface area is 120 Å². The van der Waals surface area contributed by atoms with E-state index in [4.69, 9.17) is 4.42 Å². The van der Waals surface area contributed by atoms with E-state index >= 15 is 0 Å². The number of hydrogen-bond acceptors (Lipinski definition) is 5. The van der Waals surface area contributed by atoms with Crippen molar-refractivity contribution in [3.8, 4) is 0 Å². The third-order valence-electron chi connectivity index (χ3n) is 2.74. The largest absolute Gasteiger partial charge is 0.459 e. The van der Waals surface area contributed by atoms with Crippen LogP contribution in [0.15, 0.2) is 22.8 Å². The van der Waals surface area contributed by atoms with Gasteiger partial charge in [-0.25, -0.2) is 4.98 Å². The van der Waals surface area contributed by atoms with E-state index in [-0.39, 0.29) is 11.7 Å². The van der Waals surface area contributed by atoms with Gasteiger partial charge in [0.2, 0.25) is 5.91 Å². The molecule has 106 valence electrons. The van der Waals surface area contributed by atoms with Gasteiger partial charge >= 0.3 is 0 Å². The SMILES string of the molecule is Cc1nc(NC(=O)C(C)NC(=O)c2ccco2)sc1C. The van der Waals surface area contributed by atoms with Crippen LogP contribution in [0.1, 0.15) is 28.0 Å². The van der Waals surface area contributed by atoms with Crippen molar-refractivity contribution in [3.63, 3.8) is 0 Å². The van der Waals surface area contributed by atoms with Gasteiger partial charge in [-0.2, -0.15) is 0 Å². The van der Waals surface area contributed by atoms with E-state index in [1.54, 1.807) is 13.0 Å². The molecule has 0 radical (unpaired) electrons. The van der Waals surface area contributed by atoms with E-state index in [9.17, 15) is 9.59 Å². The molecule has 20 heavy (non-hydrogen) atoms. The topological polar surface area (TPSA) is 84.2 Å². The highest BCUT2D eigenvalue weighted by Gasteiger charge is 2.19. The van der Waals surface area contributed by atoms with Gasteiger partial charge in [-0.1, -0.05) is 0 Å². The predicted octanol–water partition coefficient (Wildman–Crippen LogP) is 2.11. The molecule has 0 bridgehead atoms. The summed E-state index contributed by atoms with van der Waals surface area (Å²) in [5.74, 6) is -0.576. The predicted molar refractivity (Wildman–Crippen MR) is 75.9 cm³/mol. The minimum absolute atomic E-state index is 0.172. The van der Waals surface area contributed by atoms with E-state index in [1.807, 2.05) is 13.8 Å². The molecule has 1 atom stereocenters. The zero-order chi connectivity index (χ0) is 14.7. The Morgan fingerprint density at radius 1 is 1.40 bits per heavy atom. The molecule has 0 aromatic carbocycles. The van der Waals surface area contributed by atoms with Crippen LogP contribution in [0.4, 0.5) is 5.13 Å². The summed E-state index contributed by atoms with van der Waals surface area (Å²) < 4.78 is 4.96. The number of furan rings is 1. The van der Waals surface area contributed by atoms with Crippen LogP contribution in [0, 0.1) is 13.8 Å². The minimum Gasteiger partial charge on any atom is -0.459 e. The first-order chi connectivity index (χ1) is 9.47. The zero-order valence-electron chi connectivity index (χ0n) is 11.4. The normalized spacial score (nSPS) is 11.9. The summed E-state index contributed by atoms with van der Waals surface area (Å²) in [4.78, 5) is 28.9. The van der Waals surface area contributed by atoms with Crippen LogP contribution >= 0.6 is 11.3 Å². The molecule has 0 spiro atoms. The summed E-state index contributed by atoms with van der Waals surface area (Å²) in [5, 5.41) is 5.76. The second-order valence-electron chi connectivity index (χ2n) is 4.32. The Bertz CT molecular complexity index is 599. The molecule has 7 heteroatoms. The molecule has 0 saturated heterocycles. The molecule has 2 aromatic rings. The molecule has 2 rings (SSSR count). The average Bonchev–Trinajstić information content (AvgIpc) is 3.00. The van der Waals surface area contributed by atoms with E-state index in [1.165, 1.54) is 23.7 Å². The van der Waals surface area contributed by atoms with Gasteiger partial charge in [0.25, 0.3) is 5.91 Å². The number of thiazole rings is 1. The number of carbonyl (C=O) groups excluding carboxylic acids is 2. The fraction of sp³-hybridized carbons (Fsp3) is 0.308. The lowest BCUT2D eigenvalue weighted by Crippen LogP contribution is -2.41. The smallest absolute Gasteiger partial charge is 0.287 e. The Morgan fingerprint density at radius 2 is 2.15 bits per heavy atom. The Kier molecular flexibility index (Phi) is 4.19. The molecule has 6 nitrogen and oxygen atoms in total. The molecule has 0 fully saturated rings. The number of nitrogens with one attached hydrogen (secondary N) is 2. The molecule has 2 amide bonds. The summed E-state index contributed by atoms with van der Waals surface area (Å²) in [7, 11) is 0. The first-order valence-electron chi connectivity index (χ1n) is 6.06. The Hall–Kier alpha value is -2.15. The number of rotatable bonds is 4. The number of aryl methyl sites for hydroxylation is 2. The first-order valence-corrected chi connectivity index (χ1v) is 6.88. The van der Waals surface area contributed by atoms with Gasteiger partial charge in [0, 0.05) is 4.88 Å². The van der Waals surface area contributed by atoms with Crippen LogP contribution in [-0.4, -0.2) is 22.8 Å². The van der Waals surface area contributed by atoms with Crippen LogP contribution in [0.25, 0.3) is 0 Å². The van der Waals surface area contributed by atoms with Gasteiger partial charge < -0.3 is 15.1 Å². The lowest BCUT2D eigenvalue weighted by atomic mass is 10.3. The van der Waals surface area contributed by atoms with Crippen LogP contribution in [0.5, 0.6) is 0 Å². The van der Waals surface area contributed by atoms with Gasteiger partial charge in [0.05, 0.1) is 12.0 Å². The highest BCUT2D eigenvalue weighted by atomic mass is 32.1. The lowest BCUT2D eigenvalue weighted by molar-refractivity contribution is -0.117. The fourth-order valence-corrected chi connectivity index (χ4v) is 2.30. The van der Waals surface area contributed by atoms with Crippen molar-refractivity contribution >= 4 is 28.3 Å². The second-order valence-corrected chi connectivity index (χ2v) is 5.53. The van der Waals surface area contributed by atoms with Crippen molar-refractivity contribution < 1.29 is 14.0 Å². The van der Waals surface area contributed by atoms with Gasteiger partial charge in [0.15, 0.2) is 10.9 Å². The monoisotopic (exact) mass is 293 g/mol. The number of aromatic nitrogens is 1. The molecule has 1 unspecified atom stereocenters. The number of anilines is 1. The fourth-order valence-electron chi connectivity index (χ4n) is 1.48. The van der Waals surface area contributed by atoms with Gasteiger partial charge in [-0.15, -0.1) is 11.3 Å². The van der Waals surface area contributed by atoms with E-state index < -0.39 is 11.9 Å². The molecule has 0 saturated carbocycles. The maximum absolute atomic E-state index is 11.9. The summed E-state index contributed by atoms with van der Waals surface area (Å²) in [5.41, 5.74) is 0.887. The average molecular weight is 293 g/mol. The molecule has 0 aliphatic carbocycles. The van der Waals surface area contributed by atoms with Gasteiger partial charge in [-0.3, -0.25) is 9.59 Å². The summed E-state index contributed by atoms with van der Waals surface area (Å²) in [6.45, 7) is 5.41. The third-order valence-corrected chi connectivity index (χ3v) is 3.73. The number of nitrogens with zero attached hydrogens (tertiary/aromatic N) is 1. The van der Waals surface area contributed by atoms with Crippen LogP contribution in [0.2, 0.25) is 0 Å². The number of hydrogen-bond donors (Lipinski definition) is 2. The molecule has 2 heterocycles. The van der Waals surface area contributed by atoms with Crippen molar-refractivity contribution in [1.82, 2.24) is 10.3 Å². The van der Waals surface area contributed by atoms with Crippen molar-refractivity contribution in [2.24, 2.45) is 0 Å².